The maximum Gasteiger partial charge on any atom is 0.282 e. The Bertz CT molecular complexity index is 1150. The van der Waals surface area contributed by atoms with E-state index in [2.05, 4.69) is 4.99 Å². The van der Waals surface area contributed by atoms with Gasteiger partial charge in [0.2, 0.25) is 0 Å². The Morgan fingerprint density at radius 3 is 2.13 bits per heavy atom. The van der Waals surface area contributed by atoms with E-state index in [1.807, 2.05) is 66.7 Å². The fraction of sp³-hybridized carbons (Fsp3) is 0.120. The number of ether oxygens (including phenoxy) is 3. The lowest BCUT2D eigenvalue weighted by molar-refractivity contribution is -0.113. The number of carbonyl (C=O) groups is 1. The molecule has 156 valence electrons. The molecule has 0 N–H and O–H groups in total. The van der Waals surface area contributed by atoms with E-state index in [9.17, 15) is 4.79 Å². The Hall–Kier alpha value is -4.06. The van der Waals surface area contributed by atoms with Crippen LogP contribution in [0.15, 0.2) is 83.5 Å². The van der Waals surface area contributed by atoms with Crippen molar-refractivity contribution >= 4 is 23.5 Å². The number of methoxy groups -OCH3 is 3. The highest BCUT2D eigenvalue weighted by Gasteiger charge is 2.32. The predicted octanol–water partition coefficient (Wildman–Crippen LogP) is 4.55. The average Bonchev–Trinajstić information content (AvgIpc) is 3.15. The first kappa shape index (κ1) is 20.2. The van der Waals surface area contributed by atoms with Crippen molar-refractivity contribution in [3.63, 3.8) is 0 Å². The van der Waals surface area contributed by atoms with Gasteiger partial charge in [-0.25, -0.2) is 4.99 Å². The molecule has 1 aliphatic rings. The maximum atomic E-state index is 13.4. The zero-order valence-electron chi connectivity index (χ0n) is 17.5. The molecule has 0 saturated heterocycles. The number of hydrogen-bond donors (Lipinski definition) is 0. The number of rotatable bonds is 6. The predicted molar refractivity (Wildman–Crippen MR) is 121 cm³/mol. The zero-order valence-corrected chi connectivity index (χ0v) is 17.5. The van der Waals surface area contributed by atoms with Crippen molar-refractivity contribution in [1.82, 2.24) is 0 Å². The highest BCUT2D eigenvalue weighted by molar-refractivity contribution is 6.33. The van der Waals surface area contributed by atoms with E-state index in [-0.39, 0.29) is 5.91 Å². The largest absolute Gasteiger partial charge is 0.497 e. The molecule has 3 aromatic rings. The van der Waals surface area contributed by atoms with E-state index in [1.54, 1.807) is 38.4 Å². The molecule has 6 heteroatoms. The number of nitrogens with zero attached hydrogens (tertiary/aromatic N) is 2. The fourth-order valence-electron chi connectivity index (χ4n) is 3.35. The van der Waals surface area contributed by atoms with Gasteiger partial charge in [0.05, 0.1) is 27.0 Å². The van der Waals surface area contributed by atoms with Crippen molar-refractivity contribution in [1.29, 1.82) is 0 Å². The quantitative estimate of drug-likeness (QED) is 0.556. The van der Waals surface area contributed by atoms with E-state index in [4.69, 9.17) is 14.2 Å². The SMILES string of the molecule is COc1ccc(N2C(=O)C(=Cc3ccc(OC)cc3OC)N=C2c2ccccc2)cc1. The summed E-state index contributed by atoms with van der Waals surface area (Å²) in [6.45, 7) is 0. The summed E-state index contributed by atoms with van der Waals surface area (Å²) in [6, 6.07) is 22.4. The second kappa shape index (κ2) is 8.75. The fourth-order valence-corrected chi connectivity index (χ4v) is 3.35. The molecule has 0 aliphatic carbocycles. The lowest BCUT2D eigenvalue weighted by Crippen LogP contribution is -2.32. The molecule has 0 unspecified atom stereocenters. The minimum atomic E-state index is -0.220. The van der Waals surface area contributed by atoms with Gasteiger partial charge in [-0.1, -0.05) is 30.3 Å². The topological polar surface area (TPSA) is 60.4 Å². The lowest BCUT2D eigenvalue weighted by atomic mass is 10.1. The summed E-state index contributed by atoms with van der Waals surface area (Å²) in [5.74, 6) is 2.33. The second-order valence-electron chi connectivity index (χ2n) is 6.78. The van der Waals surface area contributed by atoms with Crippen LogP contribution in [0.25, 0.3) is 6.08 Å². The van der Waals surface area contributed by atoms with Gasteiger partial charge in [0.25, 0.3) is 5.91 Å². The van der Waals surface area contributed by atoms with Crippen molar-refractivity contribution < 1.29 is 19.0 Å². The second-order valence-corrected chi connectivity index (χ2v) is 6.78. The third kappa shape index (κ3) is 4.00. The summed E-state index contributed by atoms with van der Waals surface area (Å²) in [5, 5.41) is 0. The molecule has 0 atom stereocenters. The van der Waals surface area contributed by atoms with Gasteiger partial charge in [0.15, 0.2) is 0 Å². The van der Waals surface area contributed by atoms with Crippen LogP contribution in [0, 0.1) is 0 Å². The summed E-state index contributed by atoms with van der Waals surface area (Å²) in [5.41, 5.74) is 2.60. The summed E-state index contributed by atoms with van der Waals surface area (Å²) in [7, 11) is 4.78. The van der Waals surface area contributed by atoms with E-state index < -0.39 is 0 Å². The van der Waals surface area contributed by atoms with Crippen LogP contribution in [0.4, 0.5) is 5.69 Å². The molecule has 0 radical (unpaired) electrons. The van der Waals surface area contributed by atoms with Crippen LogP contribution >= 0.6 is 0 Å². The lowest BCUT2D eigenvalue weighted by Gasteiger charge is -2.18. The maximum absolute atomic E-state index is 13.4. The molecule has 0 aromatic heterocycles. The smallest absolute Gasteiger partial charge is 0.282 e. The molecule has 3 aromatic carbocycles. The van der Waals surface area contributed by atoms with Gasteiger partial charge >= 0.3 is 0 Å². The van der Waals surface area contributed by atoms with E-state index in [0.717, 1.165) is 11.1 Å². The highest BCUT2D eigenvalue weighted by atomic mass is 16.5. The minimum Gasteiger partial charge on any atom is -0.497 e. The van der Waals surface area contributed by atoms with Crippen molar-refractivity contribution in [3.8, 4) is 17.2 Å². The number of aliphatic imine (C=N–C) groups is 1. The van der Waals surface area contributed by atoms with Crippen molar-refractivity contribution in [2.75, 3.05) is 26.2 Å². The third-order valence-corrected chi connectivity index (χ3v) is 4.96. The van der Waals surface area contributed by atoms with Crippen LogP contribution in [0.2, 0.25) is 0 Å². The van der Waals surface area contributed by atoms with Crippen LogP contribution in [0.5, 0.6) is 17.2 Å². The molecule has 0 saturated carbocycles. The number of carbonyl (C=O) groups excluding carboxylic acids is 1. The summed E-state index contributed by atoms with van der Waals surface area (Å²) >= 11 is 0. The number of anilines is 1. The van der Waals surface area contributed by atoms with Crippen molar-refractivity contribution in [2.24, 2.45) is 4.99 Å². The van der Waals surface area contributed by atoms with E-state index >= 15 is 0 Å². The molecule has 0 spiro atoms. The molecular weight excluding hydrogens is 392 g/mol. The molecule has 6 nitrogen and oxygen atoms in total. The van der Waals surface area contributed by atoms with Gasteiger partial charge in [0, 0.05) is 17.2 Å². The first-order chi connectivity index (χ1) is 15.1. The van der Waals surface area contributed by atoms with Gasteiger partial charge in [-0.15, -0.1) is 0 Å². The Morgan fingerprint density at radius 2 is 1.48 bits per heavy atom. The molecule has 0 bridgehead atoms. The molecule has 1 aliphatic heterocycles. The zero-order chi connectivity index (χ0) is 21.8. The Balaban J connectivity index is 1.80. The first-order valence-electron chi connectivity index (χ1n) is 9.71. The molecule has 31 heavy (non-hydrogen) atoms. The van der Waals surface area contributed by atoms with Crippen LogP contribution in [0.1, 0.15) is 11.1 Å². The molecule has 4 rings (SSSR count). The van der Waals surface area contributed by atoms with Gasteiger partial charge in [-0.3, -0.25) is 9.69 Å². The van der Waals surface area contributed by atoms with Crippen LogP contribution in [0.3, 0.4) is 0 Å². The highest BCUT2D eigenvalue weighted by Crippen LogP contribution is 2.32. The number of hydrogen-bond acceptors (Lipinski definition) is 5. The Labute approximate surface area is 181 Å². The normalized spacial score (nSPS) is 14.5. The summed E-state index contributed by atoms with van der Waals surface area (Å²) in [6.07, 6.45) is 1.73. The number of amides is 1. The van der Waals surface area contributed by atoms with Crippen LogP contribution < -0.4 is 19.1 Å². The van der Waals surface area contributed by atoms with E-state index in [0.29, 0.717) is 34.5 Å². The van der Waals surface area contributed by atoms with Gasteiger partial charge in [-0.05, 0) is 42.5 Å². The summed E-state index contributed by atoms with van der Waals surface area (Å²) in [4.78, 5) is 19.7. The van der Waals surface area contributed by atoms with Gasteiger partial charge in [0.1, 0.15) is 28.8 Å². The molecular formula is C25H22N2O4. The van der Waals surface area contributed by atoms with Gasteiger partial charge < -0.3 is 14.2 Å². The monoisotopic (exact) mass is 414 g/mol. The summed E-state index contributed by atoms with van der Waals surface area (Å²) < 4.78 is 16.0. The van der Waals surface area contributed by atoms with Crippen molar-refractivity contribution in [3.05, 3.63) is 89.6 Å². The van der Waals surface area contributed by atoms with Crippen molar-refractivity contribution in [2.45, 2.75) is 0 Å². The first-order valence-corrected chi connectivity index (χ1v) is 9.71. The molecule has 1 amide bonds. The van der Waals surface area contributed by atoms with E-state index in [1.165, 1.54) is 0 Å². The Morgan fingerprint density at radius 1 is 0.806 bits per heavy atom. The number of benzene rings is 3. The van der Waals surface area contributed by atoms with Gasteiger partial charge in [-0.2, -0.15) is 0 Å². The van der Waals surface area contributed by atoms with Crippen LogP contribution in [-0.4, -0.2) is 33.1 Å². The third-order valence-electron chi connectivity index (χ3n) is 4.96. The molecule has 1 heterocycles. The number of amidine groups is 1. The minimum absolute atomic E-state index is 0.220. The standard InChI is InChI=1S/C25H22N2O4/c1-29-20-13-10-19(11-14-20)27-24(17-7-5-4-6-8-17)26-22(25(27)28)15-18-9-12-21(30-2)16-23(18)31-3/h4-16H,1-3H3. The average molecular weight is 414 g/mol. The Kier molecular flexibility index (Phi) is 5.71. The molecule has 0 fully saturated rings. The van der Waals surface area contributed by atoms with Crippen LogP contribution in [-0.2, 0) is 4.79 Å².